The van der Waals surface area contributed by atoms with Crippen molar-refractivity contribution < 1.29 is 5.11 Å². The molecular weight excluding hydrogens is 304 g/mol. The van der Waals surface area contributed by atoms with Gasteiger partial charge in [-0.3, -0.25) is 0 Å². The van der Waals surface area contributed by atoms with Gasteiger partial charge in [-0.05, 0) is 50.6 Å². The van der Waals surface area contributed by atoms with Crippen LogP contribution in [0.4, 0.5) is 0 Å². The van der Waals surface area contributed by atoms with Gasteiger partial charge in [-0.25, -0.2) is 0 Å². The third-order valence-electron chi connectivity index (χ3n) is 3.68. The lowest BCUT2D eigenvalue weighted by atomic mass is 10.1. The number of rotatable bonds is 6. The summed E-state index contributed by atoms with van der Waals surface area (Å²) in [6.07, 6.45) is 2.26. The molecule has 1 unspecified atom stereocenters. The number of hydrogen-bond acceptors (Lipinski definition) is 3. The Morgan fingerprint density at radius 1 is 1.37 bits per heavy atom. The van der Waals surface area contributed by atoms with Crippen LogP contribution in [-0.2, 0) is 0 Å². The van der Waals surface area contributed by atoms with Crippen LogP contribution >= 0.6 is 15.9 Å². The highest BCUT2D eigenvalue weighted by molar-refractivity contribution is 9.10. The van der Waals surface area contributed by atoms with Crippen LogP contribution in [0.5, 0.6) is 0 Å². The standard InChI is InChI=1S/C15H23BrN2O/c1-12(13-5-4-6-14(16)9-13)17-10-15(19)11-18-7-2-3-8-18/h4-6,9,12,15,17,19H,2-3,7-8,10-11H2,1H3/t12-,15?/m0/s1. The second-order valence-corrected chi connectivity index (χ2v) is 6.26. The summed E-state index contributed by atoms with van der Waals surface area (Å²) < 4.78 is 1.09. The van der Waals surface area contributed by atoms with Crippen LogP contribution in [0.1, 0.15) is 31.4 Å². The molecule has 0 spiro atoms. The Balaban J connectivity index is 1.74. The largest absolute Gasteiger partial charge is 0.390 e. The molecule has 0 saturated carbocycles. The Morgan fingerprint density at radius 3 is 2.79 bits per heavy atom. The third kappa shape index (κ3) is 4.88. The van der Waals surface area contributed by atoms with Crippen LogP contribution in [0.25, 0.3) is 0 Å². The van der Waals surface area contributed by atoms with Crippen molar-refractivity contribution in [2.75, 3.05) is 26.2 Å². The van der Waals surface area contributed by atoms with E-state index in [-0.39, 0.29) is 12.1 Å². The quantitative estimate of drug-likeness (QED) is 0.843. The maximum absolute atomic E-state index is 10.0. The van der Waals surface area contributed by atoms with Crippen LogP contribution in [0.15, 0.2) is 28.7 Å². The summed E-state index contributed by atoms with van der Waals surface area (Å²) in [4.78, 5) is 2.34. The van der Waals surface area contributed by atoms with Gasteiger partial charge in [0.25, 0.3) is 0 Å². The number of benzene rings is 1. The average molecular weight is 327 g/mol. The van der Waals surface area contributed by atoms with Crippen LogP contribution in [-0.4, -0.2) is 42.3 Å². The lowest BCUT2D eigenvalue weighted by Gasteiger charge is -2.22. The van der Waals surface area contributed by atoms with E-state index in [2.05, 4.69) is 45.2 Å². The molecule has 1 aromatic carbocycles. The Morgan fingerprint density at radius 2 is 2.11 bits per heavy atom. The molecule has 1 aliphatic rings. The molecule has 0 radical (unpaired) electrons. The Bertz CT molecular complexity index is 393. The van der Waals surface area contributed by atoms with Crippen molar-refractivity contribution >= 4 is 15.9 Å². The van der Waals surface area contributed by atoms with Gasteiger partial charge in [0.2, 0.25) is 0 Å². The molecule has 0 aromatic heterocycles. The van der Waals surface area contributed by atoms with Gasteiger partial charge in [-0.2, -0.15) is 0 Å². The van der Waals surface area contributed by atoms with Gasteiger partial charge in [0.05, 0.1) is 6.10 Å². The molecule has 0 aliphatic carbocycles. The van der Waals surface area contributed by atoms with E-state index in [9.17, 15) is 5.11 Å². The number of aliphatic hydroxyl groups is 1. The van der Waals surface area contributed by atoms with E-state index in [1.54, 1.807) is 0 Å². The average Bonchev–Trinajstić information content (AvgIpc) is 2.88. The number of nitrogens with zero attached hydrogens (tertiary/aromatic N) is 1. The fourth-order valence-electron chi connectivity index (χ4n) is 2.53. The summed E-state index contributed by atoms with van der Waals surface area (Å²) in [7, 11) is 0. The zero-order valence-corrected chi connectivity index (χ0v) is 13.1. The molecule has 3 nitrogen and oxygen atoms in total. The van der Waals surface area contributed by atoms with Gasteiger partial charge in [-0.15, -0.1) is 0 Å². The van der Waals surface area contributed by atoms with Crippen LogP contribution in [0, 0.1) is 0 Å². The highest BCUT2D eigenvalue weighted by atomic mass is 79.9. The number of aliphatic hydroxyl groups excluding tert-OH is 1. The lowest BCUT2D eigenvalue weighted by Crippen LogP contribution is -2.37. The summed E-state index contributed by atoms with van der Waals surface area (Å²) in [6.45, 7) is 5.84. The summed E-state index contributed by atoms with van der Waals surface area (Å²) >= 11 is 3.49. The minimum absolute atomic E-state index is 0.255. The summed E-state index contributed by atoms with van der Waals surface area (Å²) in [6, 6.07) is 8.54. The van der Waals surface area contributed by atoms with E-state index in [0.717, 1.165) is 24.1 Å². The molecule has 106 valence electrons. The maximum Gasteiger partial charge on any atom is 0.0791 e. The minimum atomic E-state index is -0.285. The molecule has 4 heteroatoms. The first-order valence-corrected chi connectivity index (χ1v) is 7.83. The van der Waals surface area contributed by atoms with Crippen molar-refractivity contribution in [3.05, 3.63) is 34.3 Å². The monoisotopic (exact) mass is 326 g/mol. The van der Waals surface area contributed by atoms with E-state index >= 15 is 0 Å². The predicted molar refractivity (Wildman–Crippen MR) is 82.2 cm³/mol. The van der Waals surface area contributed by atoms with E-state index in [1.165, 1.54) is 18.4 Å². The number of nitrogens with one attached hydrogen (secondary N) is 1. The topological polar surface area (TPSA) is 35.5 Å². The van der Waals surface area contributed by atoms with Gasteiger partial charge in [0.1, 0.15) is 0 Å². The molecule has 2 rings (SSSR count). The lowest BCUT2D eigenvalue weighted by molar-refractivity contribution is 0.121. The first kappa shape index (κ1) is 15.0. The van der Waals surface area contributed by atoms with Crippen LogP contribution < -0.4 is 5.32 Å². The summed E-state index contributed by atoms with van der Waals surface area (Å²) in [5, 5.41) is 13.4. The predicted octanol–water partition coefficient (Wildman–Crippen LogP) is 2.56. The molecular formula is C15H23BrN2O. The van der Waals surface area contributed by atoms with E-state index < -0.39 is 0 Å². The molecule has 1 aromatic rings. The van der Waals surface area contributed by atoms with Crippen molar-refractivity contribution in [1.29, 1.82) is 0 Å². The Hall–Kier alpha value is -0.420. The van der Waals surface area contributed by atoms with Gasteiger partial charge < -0.3 is 15.3 Å². The Labute approximate surface area is 124 Å². The first-order chi connectivity index (χ1) is 9.15. The Kier molecular flexibility index (Phi) is 5.82. The van der Waals surface area contributed by atoms with Crippen molar-refractivity contribution in [2.45, 2.75) is 31.9 Å². The van der Waals surface area contributed by atoms with Crippen LogP contribution in [0.2, 0.25) is 0 Å². The fraction of sp³-hybridized carbons (Fsp3) is 0.600. The molecule has 19 heavy (non-hydrogen) atoms. The SMILES string of the molecule is C[C@H](NCC(O)CN1CCCC1)c1cccc(Br)c1. The van der Waals surface area contributed by atoms with E-state index in [4.69, 9.17) is 0 Å². The summed E-state index contributed by atoms with van der Waals surface area (Å²) in [5.74, 6) is 0. The fourth-order valence-corrected chi connectivity index (χ4v) is 2.95. The zero-order chi connectivity index (χ0) is 13.7. The number of halogens is 1. The minimum Gasteiger partial charge on any atom is -0.390 e. The first-order valence-electron chi connectivity index (χ1n) is 7.04. The molecule has 2 atom stereocenters. The zero-order valence-electron chi connectivity index (χ0n) is 11.5. The van der Waals surface area contributed by atoms with Gasteiger partial charge in [0.15, 0.2) is 0 Å². The highest BCUT2D eigenvalue weighted by Gasteiger charge is 2.16. The van der Waals surface area contributed by atoms with Gasteiger partial charge >= 0.3 is 0 Å². The molecule has 0 amide bonds. The summed E-state index contributed by atoms with van der Waals surface area (Å²) in [5.41, 5.74) is 1.24. The van der Waals surface area contributed by atoms with Crippen molar-refractivity contribution in [1.82, 2.24) is 10.2 Å². The van der Waals surface area contributed by atoms with E-state index in [1.807, 2.05) is 12.1 Å². The normalized spacial score (nSPS) is 19.5. The number of likely N-dealkylation sites (tertiary alicyclic amines) is 1. The molecule has 2 N–H and O–H groups in total. The van der Waals surface area contributed by atoms with Crippen molar-refractivity contribution in [3.63, 3.8) is 0 Å². The smallest absolute Gasteiger partial charge is 0.0791 e. The van der Waals surface area contributed by atoms with Gasteiger partial charge in [0, 0.05) is 23.6 Å². The molecule has 1 heterocycles. The third-order valence-corrected chi connectivity index (χ3v) is 4.17. The van der Waals surface area contributed by atoms with E-state index in [0.29, 0.717) is 6.54 Å². The second-order valence-electron chi connectivity index (χ2n) is 5.35. The van der Waals surface area contributed by atoms with Crippen molar-refractivity contribution in [2.24, 2.45) is 0 Å². The number of hydrogen-bond donors (Lipinski definition) is 2. The number of β-amino-alcohol motifs (C(OH)–C–C–N with tert-alkyl or cyclic N) is 1. The van der Waals surface area contributed by atoms with Crippen LogP contribution in [0.3, 0.4) is 0 Å². The molecule has 1 saturated heterocycles. The van der Waals surface area contributed by atoms with Gasteiger partial charge in [-0.1, -0.05) is 28.1 Å². The molecule has 1 fully saturated rings. The molecule has 0 bridgehead atoms. The maximum atomic E-state index is 10.0. The molecule has 1 aliphatic heterocycles. The van der Waals surface area contributed by atoms with Crippen molar-refractivity contribution in [3.8, 4) is 0 Å². The highest BCUT2D eigenvalue weighted by Crippen LogP contribution is 2.17. The second kappa shape index (κ2) is 7.39.